The van der Waals surface area contributed by atoms with Gasteiger partial charge in [-0.25, -0.2) is 9.59 Å². The molecule has 0 saturated heterocycles. The highest BCUT2D eigenvalue weighted by molar-refractivity contribution is 6.35. The maximum absolute atomic E-state index is 12.0. The summed E-state index contributed by atoms with van der Waals surface area (Å²) in [6.45, 7) is 1.44. The first-order valence-corrected chi connectivity index (χ1v) is 8.60. The predicted molar refractivity (Wildman–Crippen MR) is 102 cm³/mol. The van der Waals surface area contributed by atoms with Crippen LogP contribution in [0.1, 0.15) is 17.3 Å². The summed E-state index contributed by atoms with van der Waals surface area (Å²) in [5.74, 6) is -1.25. The van der Waals surface area contributed by atoms with Crippen molar-refractivity contribution in [3.05, 3.63) is 58.1 Å². The van der Waals surface area contributed by atoms with Gasteiger partial charge in [-0.1, -0.05) is 23.2 Å². The summed E-state index contributed by atoms with van der Waals surface area (Å²) in [6, 6.07) is 10.5. The number of carbonyl (C=O) groups is 3. The van der Waals surface area contributed by atoms with E-state index in [4.69, 9.17) is 32.7 Å². The van der Waals surface area contributed by atoms with Crippen molar-refractivity contribution in [1.29, 1.82) is 0 Å². The lowest BCUT2D eigenvalue weighted by Gasteiger charge is -2.09. The van der Waals surface area contributed by atoms with Crippen LogP contribution >= 0.6 is 23.2 Å². The first kappa shape index (κ1) is 20.5. The van der Waals surface area contributed by atoms with Gasteiger partial charge < -0.3 is 14.8 Å². The van der Waals surface area contributed by atoms with Gasteiger partial charge in [0.2, 0.25) is 0 Å². The third-order valence-electron chi connectivity index (χ3n) is 3.18. The van der Waals surface area contributed by atoms with Gasteiger partial charge in [0, 0.05) is 10.7 Å². The number of halogens is 2. The molecule has 0 unspecified atom stereocenters. The molecular formula is C18H16Cl2N2O5. The molecule has 0 aliphatic rings. The van der Waals surface area contributed by atoms with Gasteiger partial charge in [-0.05, 0) is 49.4 Å². The normalized spacial score (nSPS) is 10.0. The number of hydrogen-bond donors (Lipinski definition) is 2. The highest BCUT2D eigenvalue weighted by Gasteiger charge is 2.12. The van der Waals surface area contributed by atoms with Crippen LogP contribution in [-0.4, -0.2) is 31.2 Å². The summed E-state index contributed by atoms with van der Waals surface area (Å²) < 4.78 is 9.70. The zero-order valence-electron chi connectivity index (χ0n) is 14.3. The van der Waals surface area contributed by atoms with E-state index in [1.54, 1.807) is 13.0 Å². The van der Waals surface area contributed by atoms with Crippen molar-refractivity contribution in [1.82, 2.24) is 0 Å². The maximum Gasteiger partial charge on any atom is 0.411 e. The molecule has 27 heavy (non-hydrogen) atoms. The lowest BCUT2D eigenvalue weighted by Crippen LogP contribution is -2.21. The average molecular weight is 411 g/mol. The maximum atomic E-state index is 12.0. The smallest absolute Gasteiger partial charge is 0.411 e. The molecule has 2 amide bonds. The van der Waals surface area contributed by atoms with E-state index in [1.165, 1.54) is 36.4 Å². The van der Waals surface area contributed by atoms with E-state index < -0.39 is 24.6 Å². The molecule has 0 saturated carbocycles. The number of carbonyl (C=O) groups excluding carboxylic acids is 3. The van der Waals surface area contributed by atoms with Crippen LogP contribution in [0.25, 0.3) is 0 Å². The molecule has 142 valence electrons. The molecule has 0 heterocycles. The average Bonchev–Trinajstić information content (AvgIpc) is 2.63. The zero-order chi connectivity index (χ0) is 19.8. The fourth-order valence-corrected chi connectivity index (χ4v) is 2.31. The highest BCUT2D eigenvalue weighted by Crippen LogP contribution is 2.25. The summed E-state index contributed by atoms with van der Waals surface area (Å²) >= 11 is 11.8. The summed E-state index contributed by atoms with van der Waals surface area (Å²) in [6.07, 6.45) is -0.593. The molecule has 0 radical (unpaired) electrons. The molecule has 0 fully saturated rings. The molecule has 0 bridgehead atoms. The number of ether oxygens (including phenoxy) is 2. The first-order valence-electron chi connectivity index (χ1n) is 7.85. The number of nitrogens with one attached hydrogen (secondary N) is 2. The second-order valence-corrected chi connectivity index (χ2v) is 6.01. The van der Waals surface area contributed by atoms with Crippen molar-refractivity contribution in [3.8, 4) is 0 Å². The largest absolute Gasteiger partial charge is 0.452 e. The molecule has 9 heteroatoms. The van der Waals surface area contributed by atoms with Crippen LogP contribution in [0, 0.1) is 0 Å². The van der Waals surface area contributed by atoms with Crippen molar-refractivity contribution in [2.45, 2.75) is 6.92 Å². The highest BCUT2D eigenvalue weighted by atomic mass is 35.5. The van der Waals surface area contributed by atoms with Crippen molar-refractivity contribution >= 4 is 52.5 Å². The zero-order valence-corrected chi connectivity index (χ0v) is 15.8. The van der Waals surface area contributed by atoms with Crippen LogP contribution in [-0.2, 0) is 14.3 Å². The summed E-state index contributed by atoms with van der Waals surface area (Å²) in [5.41, 5.74) is 0.996. The topological polar surface area (TPSA) is 93.7 Å². The second-order valence-electron chi connectivity index (χ2n) is 5.17. The quantitative estimate of drug-likeness (QED) is 0.689. The Hall–Kier alpha value is -2.77. The minimum Gasteiger partial charge on any atom is -0.452 e. The van der Waals surface area contributed by atoms with Crippen molar-refractivity contribution in [3.63, 3.8) is 0 Å². The van der Waals surface area contributed by atoms with Crippen molar-refractivity contribution < 1.29 is 23.9 Å². The fraction of sp³-hybridized carbons (Fsp3) is 0.167. The second kappa shape index (κ2) is 9.80. The van der Waals surface area contributed by atoms with Crippen LogP contribution in [0.5, 0.6) is 0 Å². The Morgan fingerprint density at radius 3 is 2.33 bits per heavy atom. The summed E-state index contributed by atoms with van der Waals surface area (Å²) in [5, 5.41) is 5.72. The van der Waals surface area contributed by atoms with E-state index in [0.29, 0.717) is 21.4 Å². The Balaban J connectivity index is 1.86. The number of esters is 1. The van der Waals surface area contributed by atoms with Crippen LogP contribution in [0.15, 0.2) is 42.5 Å². The molecule has 2 rings (SSSR count). The molecule has 7 nitrogen and oxygen atoms in total. The Morgan fingerprint density at radius 2 is 1.67 bits per heavy atom. The van der Waals surface area contributed by atoms with Gasteiger partial charge in [0.15, 0.2) is 6.61 Å². The Labute approximate surface area is 165 Å². The molecule has 2 N–H and O–H groups in total. The summed E-state index contributed by atoms with van der Waals surface area (Å²) in [7, 11) is 0. The van der Waals surface area contributed by atoms with Gasteiger partial charge in [0.25, 0.3) is 5.91 Å². The van der Waals surface area contributed by atoms with E-state index in [1.807, 2.05) is 0 Å². The molecule has 2 aromatic carbocycles. The van der Waals surface area contributed by atoms with Crippen LogP contribution < -0.4 is 10.6 Å². The standard InChI is InChI=1S/C18H16Cl2N2O5/c1-2-26-18(25)21-13-6-3-11(4-7-13)17(24)27-10-16(23)22-15-9-12(19)5-8-14(15)20/h3-9H,2,10H2,1H3,(H,21,25)(H,22,23). The Bertz CT molecular complexity index is 840. The predicted octanol–water partition coefficient (Wildman–Crippen LogP) is 4.36. The third kappa shape index (κ3) is 6.47. The van der Waals surface area contributed by atoms with Crippen molar-refractivity contribution in [2.24, 2.45) is 0 Å². The SMILES string of the molecule is CCOC(=O)Nc1ccc(C(=O)OCC(=O)Nc2cc(Cl)ccc2Cl)cc1. The van der Waals surface area contributed by atoms with Gasteiger partial charge in [0.1, 0.15) is 0 Å². The van der Waals surface area contributed by atoms with E-state index in [2.05, 4.69) is 10.6 Å². The Kier molecular flexibility index (Phi) is 7.45. The lowest BCUT2D eigenvalue weighted by atomic mass is 10.2. The molecule has 0 aromatic heterocycles. The van der Waals surface area contributed by atoms with E-state index in [0.717, 1.165) is 0 Å². The molecule has 0 spiro atoms. The number of rotatable bonds is 6. The molecule has 0 aliphatic carbocycles. The van der Waals surface area contributed by atoms with Gasteiger partial charge in [-0.3, -0.25) is 10.1 Å². The molecule has 2 aromatic rings. The molecular weight excluding hydrogens is 395 g/mol. The van der Waals surface area contributed by atoms with Gasteiger partial charge in [-0.2, -0.15) is 0 Å². The monoisotopic (exact) mass is 410 g/mol. The number of amides is 2. The van der Waals surface area contributed by atoms with Crippen LogP contribution in [0.4, 0.5) is 16.2 Å². The van der Waals surface area contributed by atoms with E-state index in [-0.39, 0.29) is 12.2 Å². The van der Waals surface area contributed by atoms with E-state index >= 15 is 0 Å². The molecule has 0 atom stereocenters. The van der Waals surface area contributed by atoms with Gasteiger partial charge in [0.05, 0.1) is 22.9 Å². The number of anilines is 2. The van der Waals surface area contributed by atoms with Crippen LogP contribution in [0.3, 0.4) is 0 Å². The number of hydrogen-bond acceptors (Lipinski definition) is 5. The minimum atomic E-state index is -0.690. The van der Waals surface area contributed by atoms with Gasteiger partial charge in [-0.15, -0.1) is 0 Å². The van der Waals surface area contributed by atoms with Crippen LogP contribution in [0.2, 0.25) is 10.0 Å². The third-order valence-corrected chi connectivity index (χ3v) is 3.74. The van der Waals surface area contributed by atoms with Crippen molar-refractivity contribution in [2.75, 3.05) is 23.8 Å². The first-order chi connectivity index (χ1) is 12.9. The molecule has 0 aliphatic heterocycles. The van der Waals surface area contributed by atoms with E-state index in [9.17, 15) is 14.4 Å². The Morgan fingerprint density at radius 1 is 0.963 bits per heavy atom. The lowest BCUT2D eigenvalue weighted by molar-refractivity contribution is -0.119. The fourth-order valence-electron chi connectivity index (χ4n) is 1.97. The van der Waals surface area contributed by atoms with Gasteiger partial charge >= 0.3 is 12.1 Å². The number of benzene rings is 2. The summed E-state index contributed by atoms with van der Waals surface area (Å²) in [4.78, 5) is 35.2. The minimum absolute atomic E-state index is 0.220.